The summed E-state index contributed by atoms with van der Waals surface area (Å²) in [6.07, 6.45) is 57.4. The van der Waals surface area contributed by atoms with Crippen LogP contribution < -0.4 is 0 Å². The fourth-order valence-electron chi connectivity index (χ4n) is 7.74. The third-order valence-corrected chi connectivity index (χ3v) is 11.6. The van der Waals surface area contributed by atoms with E-state index in [4.69, 9.17) is 9.47 Å². The Labute approximate surface area is 350 Å². The van der Waals surface area contributed by atoms with E-state index >= 15 is 0 Å². The largest absolute Gasteiger partial charge is 0.462 e. The second kappa shape index (κ2) is 48.0. The summed E-state index contributed by atoms with van der Waals surface area (Å²) in [5.41, 5.74) is 0. The molecule has 1 N–H and O–H groups in total. The molecule has 0 rings (SSSR count). The molecule has 0 unspecified atom stereocenters. The molecule has 0 aliphatic heterocycles. The van der Waals surface area contributed by atoms with E-state index in [-0.39, 0.29) is 25.2 Å². The van der Waals surface area contributed by atoms with Crippen molar-refractivity contribution in [2.45, 2.75) is 290 Å². The van der Waals surface area contributed by atoms with E-state index in [2.05, 4.69) is 26.0 Å². The molecule has 0 heterocycles. The van der Waals surface area contributed by atoms with Crippen molar-refractivity contribution in [3.8, 4) is 0 Å². The van der Waals surface area contributed by atoms with Gasteiger partial charge in [-0.05, 0) is 32.1 Å². The van der Waals surface area contributed by atoms with Crippen molar-refractivity contribution in [2.75, 3.05) is 13.2 Å². The van der Waals surface area contributed by atoms with Gasteiger partial charge >= 0.3 is 11.9 Å². The Kier molecular flexibility index (Phi) is 46.8. The lowest BCUT2D eigenvalue weighted by molar-refractivity contribution is -0.161. The second-order valence-corrected chi connectivity index (χ2v) is 17.3. The minimum atomic E-state index is -0.777. The van der Waals surface area contributed by atoms with E-state index < -0.39 is 6.10 Å². The Balaban J connectivity index is 3.47. The third-order valence-electron chi connectivity index (χ3n) is 11.6. The lowest BCUT2D eigenvalue weighted by Crippen LogP contribution is -2.28. The number of ether oxygens (including phenoxy) is 2. The Morgan fingerprint density at radius 2 is 0.679 bits per heavy atom. The van der Waals surface area contributed by atoms with Crippen LogP contribution in [0.2, 0.25) is 0 Å². The summed E-state index contributed by atoms with van der Waals surface area (Å²) < 4.78 is 10.7. The highest BCUT2D eigenvalue weighted by atomic mass is 16.6. The number of esters is 2. The van der Waals surface area contributed by atoms with Crippen LogP contribution in [0.15, 0.2) is 12.2 Å². The van der Waals surface area contributed by atoms with Crippen molar-refractivity contribution in [1.29, 1.82) is 0 Å². The SMILES string of the molecule is CCCCCCCCCCCCCCCCCCCC/C=C/CCCC(=O)OC[C@H](CO)OC(=O)CCCCCCCCCCCCCCCCCCCCC. The average Bonchev–Trinajstić information content (AvgIpc) is 3.20. The van der Waals surface area contributed by atoms with Crippen molar-refractivity contribution in [1.82, 2.24) is 0 Å². The van der Waals surface area contributed by atoms with Gasteiger partial charge in [0.15, 0.2) is 6.10 Å². The zero-order valence-electron chi connectivity index (χ0n) is 37.9. The molecular formula is C51H98O5. The fourth-order valence-corrected chi connectivity index (χ4v) is 7.74. The maximum Gasteiger partial charge on any atom is 0.306 e. The van der Waals surface area contributed by atoms with Crippen LogP contribution in [0, 0.1) is 0 Å². The summed E-state index contributed by atoms with van der Waals surface area (Å²) in [5.74, 6) is -0.609. The molecule has 0 spiro atoms. The van der Waals surface area contributed by atoms with Crippen LogP contribution in [0.1, 0.15) is 284 Å². The minimum Gasteiger partial charge on any atom is -0.462 e. The van der Waals surface area contributed by atoms with E-state index in [9.17, 15) is 14.7 Å². The molecule has 5 heteroatoms. The Hall–Kier alpha value is -1.36. The first kappa shape index (κ1) is 54.6. The molecule has 0 saturated heterocycles. The normalized spacial score (nSPS) is 12.1. The summed E-state index contributed by atoms with van der Waals surface area (Å²) >= 11 is 0. The van der Waals surface area contributed by atoms with Gasteiger partial charge in [0.05, 0.1) is 6.61 Å². The number of aliphatic hydroxyl groups is 1. The van der Waals surface area contributed by atoms with Crippen molar-refractivity contribution >= 4 is 11.9 Å². The molecule has 5 nitrogen and oxygen atoms in total. The van der Waals surface area contributed by atoms with Gasteiger partial charge in [0, 0.05) is 12.8 Å². The number of rotatable bonds is 47. The predicted molar refractivity (Wildman–Crippen MR) is 242 cm³/mol. The van der Waals surface area contributed by atoms with Gasteiger partial charge in [-0.25, -0.2) is 0 Å². The molecular weight excluding hydrogens is 693 g/mol. The third kappa shape index (κ3) is 45.3. The first-order chi connectivity index (χ1) is 27.6. The lowest BCUT2D eigenvalue weighted by atomic mass is 10.0. The number of allylic oxidation sites excluding steroid dienone is 2. The zero-order valence-corrected chi connectivity index (χ0v) is 37.9. The van der Waals surface area contributed by atoms with Gasteiger partial charge in [-0.3, -0.25) is 9.59 Å². The molecule has 1 atom stereocenters. The summed E-state index contributed by atoms with van der Waals surface area (Å²) in [4.78, 5) is 24.4. The Morgan fingerprint density at radius 1 is 0.393 bits per heavy atom. The zero-order chi connectivity index (χ0) is 40.7. The monoisotopic (exact) mass is 791 g/mol. The van der Waals surface area contributed by atoms with Crippen LogP contribution >= 0.6 is 0 Å². The predicted octanol–water partition coefficient (Wildman–Crippen LogP) is 16.4. The van der Waals surface area contributed by atoms with Gasteiger partial charge in [0.25, 0.3) is 0 Å². The van der Waals surface area contributed by atoms with Crippen molar-refractivity contribution in [3.05, 3.63) is 12.2 Å². The average molecular weight is 791 g/mol. The molecule has 332 valence electrons. The molecule has 0 bridgehead atoms. The highest BCUT2D eigenvalue weighted by molar-refractivity contribution is 5.70. The van der Waals surface area contributed by atoms with Crippen LogP contribution in [0.3, 0.4) is 0 Å². The summed E-state index contributed by atoms with van der Waals surface area (Å²) in [5, 5.41) is 9.61. The van der Waals surface area contributed by atoms with Crippen LogP contribution in [-0.4, -0.2) is 36.4 Å². The quantitative estimate of drug-likeness (QED) is 0.0378. The van der Waals surface area contributed by atoms with Crippen LogP contribution in [-0.2, 0) is 19.1 Å². The molecule has 0 aliphatic carbocycles. The number of hydrogen-bond acceptors (Lipinski definition) is 5. The van der Waals surface area contributed by atoms with Crippen LogP contribution in [0.5, 0.6) is 0 Å². The van der Waals surface area contributed by atoms with E-state index in [1.54, 1.807) is 0 Å². The molecule has 0 aliphatic rings. The summed E-state index contributed by atoms with van der Waals surface area (Å²) in [7, 11) is 0. The van der Waals surface area contributed by atoms with Gasteiger partial charge < -0.3 is 14.6 Å². The number of unbranched alkanes of at least 4 members (excludes halogenated alkanes) is 37. The van der Waals surface area contributed by atoms with E-state index in [1.807, 2.05) is 0 Å². The molecule has 0 aromatic rings. The molecule has 0 aromatic heterocycles. The number of carbonyl (C=O) groups is 2. The van der Waals surface area contributed by atoms with E-state index in [1.165, 1.54) is 218 Å². The molecule has 0 aromatic carbocycles. The second-order valence-electron chi connectivity index (χ2n) is 17.3. The highest BCUT2D eigenvalue weighted by Gasteiger charge is 2.16. The number of carbonyl (C=O) groups excluding carboxylic acids is 2. The van der Waals surface area contributed by atoms with Crippen LogP contribution in [0.25, 0.3) is 0 Å². The van der Waals surface area contributed by atoms with Gasteiger partial charge in [-0.1, -0.05) is 251 Å². The van der Waals surface area contributed by atoms with Crippen molar-refractivity contribution in [3.63, 3.8) is 0 Å². The highest BCUT2D eigenvalue weighted by Crippen LogP contribution is 2.17. The molecule has 0 radical (unpaired) electrons. The van der Waals surface area contributed by atoms with Gasteiger partial charge in [-0.15, -0.1) is 0 Å². The first-order valence-electron chi connectivity index (χ1n) is 25.2. The summed E-state index contributed by atoms with van der Waals surface area (Å²) in [6.45, 7) is 4.17. The van der Waals surface area contributed by atoms with Gasteiger partial charge in [0.1, 0.15) is 6.61 Å². The van der Waals surface area contributed by atoms with Crippen LogP contribution in [0.4, 0.5) is 0 Å². The molecule has 0 fully saturated rings. The lowest BCUT2D eigenvalue weighted by Gasteiger charge is -2.15. The van der Waals surface area contributed by atoms with Gasteiger partial charge in [-0.2, -0.15) is 0 Å². The topological polar surface area (TPSA) is 72.8 Å². The summed E-state index contributed by atoms with van der Waals surface area (Å²) in [6, 6.07) is 0. The number of aliphatic hydroxyl groups excluding tert-OH is 1. The molecule has 0 saturated carbocycles. The minimum absolute atomic E-state index is 0.0739. The van der Waals surface area contributed by atoms with Gasteiger partial charge in [0.2, 0.25) is 0 Å². The Bertz CT molecular complexity index is 810. The first-order valence-corrected chi connectivity index (χ1v) is 25.2. The maximum atomic E-state index is 12.2. The van der Waals surface area contributed by atoms with Crippen molar-refractivity contribution < 1.29 is 24.2 Å². The maximum absolute atomic E-state index is 12.2. The standard InChI is InChI=1S/C51H98O5/c1-3-5-7-9-11-13-15-17-19-21-23-24-25-26-28-29-31-33-35-37-39-41-43-45-50(53)55-48-49(47-52)56-51(54)46-44-42-40-38-36-34-32-30-27-22-20-18-16-14-12-10-8-6-4-2/h37,39,49,52H,3-36,38,40-48H2,1-2H3/b39-37+/t49-/m0/s1. The molecule has 0 amide bonds. The smallest absolute Gasteiger partial charge is 0.306 e. The van der Waals surface area contributed by atoms with E-state index in [0.29, 0.717) is 12.8 Å². The molecule has 56 heavy (non-hydrogen) atoms. The fraction of sp³-hybridized carbons (Fsp3) is 0.922. The van der Waals surface area contributed by atoms with E-state index in [0.717, 1.165) is 38.5 Å². The van der Waals surface area contributed by atoms with Crippen molar-refractivity contribution in [2.24, 2.45) is 0 Å². The number of hydrogen-bond donors (Lipinski definition) is 1. The Morgan fingerprint density at radius 3 is 1.02 bits per heavy atom.